The van der Waals surface area contributed by atoms with Crippen LogP contribution in [0.2, 0.25) is 0 Å². The van der Waals surface area contributed by atoms with Crippen LogP contribution in [0, 0.1) is 0 Å². The molecular weight excluding hydrogens is 166 g/mol. The summed E-state index contributed by atoms with van der Waals surface area (Å²) >= 11 is 0. The zero-order valence-corrected chi connectivity index (χ0v) is 9.55. The Morgan fingerprint density at radius 1 is 1.40 bits per heavy atom. The van der Waals surface area contributed by atoms with Gasteiger partial charge in [-0.3, -0.25) is 0 Å². The number of ether oxygens (including phenoxy) is 2. The van der Waals surface area contributed by atoms with Gasteiger partial charge in [0.15, 0.2) is 6.66 Å². The van der Waals surface area contributed by atoms with Crippen molar-refractivity contribution in [1.82, 2.24) is 0 Å². The number of hydrogen-bond acceptors (Lipinski definition) is 4. The summed E-state index contributed by atoms with van der Waals surface area (Å²) in [4.78, 5) is 0. The summed E-state index contributed by atoms with van der Waals surface area (Å²) in [6.07, 6.45) is 0. The Kier molecular flexibility index (Phi) is 11.0. The third-order valence-electron chi connectivity index (χ3n) is 0.619. The van der Waals surface area contributed by atoms with E-state index in [9.17, 15) is 4.57 Å². The van der Waals surface area contributed by atoms with E-state index < -0.39 is 14.5 Å². The summed E-state index contributed by atoms with van der Waals surface area (Å²) in [7, 11) is 1.17. The van der Waals surface area contributed by atoms with Crippen molar-refractivity contribution in [3.05, 3.63) is 0 Å². The van der Waals surface area contributed by atoms with Gasteiger partial charge in [-0.25, -0.2) is 0 Å². The van der Waals surface area contributed by atoms with Crippen LogP contribution in [-0.2, 0) is 18.6 Å². The number of rotatable bonds is 4. The van der Waals surface area contributed by atoms with Crippen LogP contribution < -0.4 is 29.6 Å². The van der Waals surface area contributed by atoms with Gasteiger partial charge in [0, 0.05) is 14.2 Å². The van der Waals surface area contributed by atoms with Crippen LogP contribution in [0.1, 0.15) is 1.43 Å². The molecular formula is C4H11NaO4P+. The zero-order valence-electron chi connectivity index (χ0n) is 7.66. The van der Waals surface area contributed by atoms with Gasteiger partial charge in [0.1, 0.15) is 0 Å². The molecule has 4 nitrogen and oxygen atoms in total. The first kappa shape index (κ1) is 13.6. The minimum absolute atomic E-state index is 0. The van der Waals surface area contributed by atoms with Gasteiger partial charge in [0.05, 0.1) is 0 Å². The predicted molar refractivity (Wildman–Crippen MR) is 33.5 cm³/mol. The molecule has 0 N–H and O–H groups in total. The molecule has 0 rings (SSSR count). The van der Waals surface area contributed by atoms with Crippen molar-refractivity contribution in [2.24, 2.45) is 0 Å². The second-order valence-electron chi connectivity index (χ2n) is 1.31. The van der Waals surface area contributed by atoms with Crippen molar-refractivity contribution in [2.75, 3.05) is 20.9 Å². The summed E-state index contributed by atoms with van der Waals surface area (Å²) < 4.78 is 24.1. The second-order valence-corrected chi connectivity index (χ2v) is 2.40. The fraction of sp³-hybridized carbons (Fsp3) is 1.00. The van der Waals surface area contributed by atoms with Gasteiger partial charge in [0.25, 0.3) is 0 Å². The number of hydrogen-bond donors (Lipinski definition) is 0. The van der Waals surface area contributed by atoms with Gasteiger partial charge in [-0.1, -0.05) is 4.52 Å². The van der Waals surface area contributed by atoms with E-state index in [0.717, 1.165) is 0 Å². The van der Waals surface area contributed by atoms with Crippen LogP contribution in [-0.4, -0.2) is 27.4 Å². The van der Waals surface area contributed by atoms with Crippen molar-refractivity contribution >= 4 is 8.03 Å². The Morgan fingerprint density at radius 2 is 1.80 bits per heavy atom. The molecule has 0 amide bonds. The summed E-state index contributed by atoms with van der Waals surface area (Å²) in [5, 5.41) is 0. The van der Waals surface area contributed by atoms with Crippen LogP contribution in [0.4, 0.5) is 0 Å². The minimum atomic E-state index is -1.65. The average molecular weight is 177 g/mol. The van der Waals surface area contributed by atoms with Gasteiger partial charge >= 0.3 is 44.1 Å². The molecule has 0 aromatic carbocycles. The molecule has 56 valence electrons. The summed E-state index contributed by atoms with van der Waals surface area (Å²) in [5.41, 5.74) is 0. The Labute approximate surface area is 84.9 Å². The van der Waals surface area contributed by atoms with Gasteiger partial charge < -0.3 is 10.9 Å². The Balaban J connectivity index is -0.000000320. The molecule has 0 spiro atoms. The standard InChI is InChI=1S/C4H10O4P.Na.H/c1-6-4(7-2)8-9(3)5;;/h4H,1-3H3;;/q2*+1;-1. The SMILES string of the molecule is COC(OC)O[P+](C)=O.[H-].[Na+]. The third kappa shape index (κ3) is 7.09. The molecule has 0 fully saturated rings. The maximum Gasteiger partial charge on any atom is 1.00 e. The maximum atomic E-state index is 10.3. The normalized spacial score (nSPS) is 11.0. The van der Waals surface area contributed by atoms with E-state index >= 15 is 0 Å². The van der Waals surface area contributed by atoms with Gasteiger partial charge in [-0.15, -0.1) is 0 Å². The topological polar surface area (TPSA) is 44.8 Å². The number of methoxy groups -OCH3 is 2. The minimum Gasteiger partial charge on any atom is -1.00 e. The van der Waals surface area contributed by atoms with Gasteiger partial charge in [-0.05, 0) is 4.57 Å². The van der Waals surface area contributed by atoms with Crippen molar-refractivity contribution in [2.45, 2.75) is 6.48 Å². The quantitative estimate of drug-likeness (QED) is 0.285. The Morgan fingerprint density at radius 3 is 1.90 bits per heavy atom. The molecule has 0 aliphatic heterocycles. The Hall–Kier alpha value is 0.980. The molecule has 0 radical (unpaired) electrons. The first-order chi connectivity index (χ1) is 4.20. The Bertz CT molecular complexity index is 100. The molecule has 0 heterocycles. The molecule has 1 unspecified atom stereocenters. The molecule has 0 aliphatic rings. The van der Waals surface area contributed by atoms with Crippen LogP contribution in [0.5, 0.6) is 0 Å². The van der Waals surface area contributed by atoms with Crippen molar-refractivity contribution < 1.29 is 49.5 Å². The van der Waals surface area contributed by atoms with E-state index in [1.54, 1.807) is 0 Å². The van der Waals surface area contributed by atoms with E-state index in [1.807, 2.05) is 0 Å². The average Bonchev–Trinajstić information content (AvgIpc) is 1.82. The fourth-order valence-electron chi connectivity index (χ4n) is 0.303. The molecule has 0 aliphatic carbocycles. The van der Waals surface area contributed by atoms with E-state index in [2.05, 4.69) is 14.0 Å². The molecule has 0 saturated carbocycles. The van der Waals surface area contributed by atoms with Crippen molar-refractivity contribution in [3.63, 3.8) is 0 Å². The van der Waals surface area contributed by atoms with E-state index in [-0.39, 0.29) is 31.0 Å². The van der Waals surface area contributed by atoms with Crippen LogP contribution in [0.15, 0.2) is 0 Å². The largest absolute Gasteiger partial charge is 1.00 e. The van der Waals surface area contributed by atoms with E-state index in [0.29, 0.717) is 0 Å². The second kappa shape index (κ2) is 8.08. The fourth-order valence-corrected chi connectivity index (χ4v) is 0.718. The molecule has 0 saturated heterocycles. The third-order valence-corrected chi connectivity index (χ3v) is 1.09. The summed E-state index contributed by atoms with van der Waals surface area (Å²) in [6, 6.07) is 0. The van der Waals surface area contributed by atoms with Crippen LogP contribution in [0.3, 0.4) is 0 Å². The monoisotopic (exact) mass is 177 g/mol. The van der Waals surface area contributed by atoms with Crippen molar-refractivity contribution in [1.29, 1.82) is 0 Å². The van der Waals surface area contributed by atoms with Gasteiger partial charge in [-0.2, -0.15) is 0 Å². The predicted octanol–water partition coefficient (Wildman–Crippen LogP) is -1.93. The smallest absolute Gasteiger partial charge is 1.00 e. The molecule has 1 atom stereocenters. The van der Waals surface area contributed by atoms with Crippen LogP contribution in [0.25, 0.3) is 0 Å². The summed E-state index contributed by atoms with van der Waals surface area (Å²) in [6.45, 7) is 0.624. The molecule has 6 heteroatoms. The molecule has 0 aromatic rings. The first-order valence-corrected chi connectivity index (χ1v) is 3.96. The van der Waals surface area contributed by atoms with E-state index in [4.69, 9.17) is 0 Å². The van der Waals surface area contributed by atoms with Crippen LogP contribution >= 0.6 is 8.03 Å². The van der Waals surface area contributed by atoms with E-state index in [1.165, 1.54) is 20.9 Å². The molecule has 0 bridgehead atoms. The first-order valence-electron chi connectivity index (χ1n) is 2.34. The molecule has 0 aromatic heterocycles. The molecule has 10 heavy (non-hydrogen) atoms. The maximum absolute atomic E-state index is 10.3. The van der Waals surface area contributed by atoms with Gasteiger partial charge in [0.2, 0.25) is 0 Å². The zero-order chi connectivity index (χ0) is 7.28. The summed E-state index contributed by atoms with van der Waals surface area (Å²) in [5.74, 6) is 0. The van der Waals surface area contributed by atoms with Crippen molar-refractivity contribution in [3.8, 4) is 0 Å².